The molecule has 130 valence electrons. The van der Waals surface area contributed by atoms with Gasteiger partial charge in [-0.1, -0.05) is 24.3 Å². The summed E-state index contributed by atoms with van der Waals surface area (Å²) in [7, 11) is 0. The monoisotopic (exact) mass is 339 g/mol. The summed E-state index contributed by atoms with van der Waals surface area (Å²) in [5, 5.41) is 0. The van der Waals surface area contributed by atoms with Crippen molar-refractivity contribution in [3.05, 3.63) is 54.0 Å². The first-order valence-electron chi connectivity index (χ1n) is 8.69. The molecular weight excluding hydrogens is 318 g/mol. The molecule has 0 N–H and O–H groups in total. The van der Waals surface area contributed by atoms with Gasteiger partial charge in [-0.05, 0) is 24.0 Å². The molecule has 2 atom stereocenters. The summed E-state index contributed by atoms with van der Waals surface area (Å²) < 4.78 is 11.7. The molecule has 0 radical (unpaired) electrons. The van der Waals surface area contributed by atoms with Crippen LogP contribution >= 0.6 is 0 Å². The summed E-state index contributed by atoms with van der Waals surface area (Å²) in [6, 6.07) is 8.15. The van der Waals surface area contributed by atoms with Crippen LogP contribution in [0, 0.1) is 0 Å². The molecule has 2 unspecified atom stereocenters. The Morgan fingerprint density at radius 3 is 2.96 bits per heavy atom. The number of fused-ring (bicyclic) bond motifs is 1. The molecule has 4 rings (SSSR count). The van der Waals surface area contributed by atoms with Crippen LogP contribution < -0.4 is 4.74 Å². The molecule has 0 aliphatic carbocycles. The fourth-order valence-corrected chi connectivity index (χ4v) is 3.46. The summed E-state index contributed by atoms with van der Waals surface area (Å²) in [5.74, 6) is 0.562. The van der Waals surface area contributed by atoms with Gasteiger partial charge in [-0.3, -0.25) is 9.78 Å². The van der Waals surface area contributed by atoms with E-state index in [9.17, 15) is 4.79 Å². The first-order chi connectivity index (χ1) is 12.3. The number of amides is 1. The second-order valence-electron chi connectivity index (χ2n) is 6.48. The van der Waals surface area contributed by atoms with Gasteiger partial charge in [0.1, 0.15) is 12.2 Å². The van der Waals surface area contributed by atoms with E-state index in [1.165, 1.54) is 11.1 Å². The predicted octanol–water partition coefficient (Wildman–Crippen LogP) is 1.99. The number of carbonyl (C=O) groups is 1. The van der Waals surface area contributed by atoms with E-state index in [1.54, 1.807) is 18.6 Å². The van der Waals surface area contributed by atoms with E-state index < -0.39 is 6.10 Å². The molecule has 1 amide bonds. The van der Waals surface area contributed by atoms with Gasteiger partial charge >= 0.3 is 0 Å². The van der Waals surface area contributed by atoms with Crippen LogP contribution in [0.4, 0.5) is 0 Å². The fraction of sp³-hybridized carbons (Fsp3) is 0.421. The summed E-state index contributed by atoms with van der Waals surface area (Å²) in [6.45, 7) is 1.82. The topological polar surface area (TPSA) is 64.5 Å². The van der Waals surface area contributed by atoms with Crippen LogP contribution in [0.5, 0.6) is 5.88 Å². The van der Waals surface area contributed by atoms with E-state index in [4.69, 9.17) is 9.47 Å². The molecule has 1 fully saturated rings. The largest absolute Gasteiger partial charge is 0.471 e. The highest BCUT2D eigenvalue weighted by atomic mass is 16.5. The van der Waals surface area contributed by atoms with Crippen LogP contribution in [-0.4, -0.2) is 46.1 Å². The van der Waals surface area contributed by atoms with Crippen molar-refractivity contribution in [3.8, 4) is 5.88 Å². The van der Waals surface area contributed by atoms with Crippen LogP contribution in [0.15, 0.2) is 42.9 Å². The molecule has 0 spiro atoms. The van der Waals surface area contributed by atoms with Crippen molar-refractivity contribution in [2.45, 2.75) is 38.1 Å². The summed E-state index contributed by atoms with van der Waals surface area (Å²) >= 11 is 0. The lowest BCUT2D eigenvalue weighted by atomic mass is 9.98. The average Bonchev–Trinajstić information content (AvgIpc) is 2.68. The van der Waals surface area contributed by atoms with Crippen molar-refractivity contribution < 1.29 is 14.3 Å². The molecule has 2 aliphatic heterocycles. The van der Waals surface area contributed by atoms with Gasteiger partial charge in [-0.25, -0.2) is 4.98 Å². The molecular formula is C19H21N3O3. The summed E-state index contributed by atoms with van der Waals surface area (Å²) in [5.41, 5.74) is 2.38. The minimum absolute atomic E-state index is 0.0507. The van der Waals surface area contributed by atoms with E-state index >= 15 is 0 Å². The minimum atomic E-state index is -0.398. The van der Waals surface area contributed by atoms with E-state index in [0.717, 1.165) is 19.4 Å². The minimum Gasteiger partial charge on any atom is -0.471 e. The second kappa shape index (κ2) is 7.19. The average molecular weight is 339 g/mol. The van der Waals surface area contributed by atoms with Crippen molar-refractivity contribution in [1.82, 2.24) is 14.9 Å². The van der Waals surface area contributed by atoms with Crippen LogP contribution in [0.3, 0.4) is 0 Å². The quantitative estimate of drug-likeness (QED) is 0.856. The highest BCUT2D eigenvalue weighted by molar-refractivity contribution is 5.81. The van der Waals surface area contributed by atoms with Crippen LogP contribution in [0.1, 0.15) is 24.0 Å². The first-order valence-corrected chi connectivity index (χ1v) is 8.69. The lowest BCUT2D eigenvalue weighted by Gasteiger charge is -2.35. The van der Waals surface area contributed by atoms with Crippen LogP contribution in [-0.2, 0) is 22.6 Å². The van der Waals surface area contributed by atoms with Gasteiger partial charge in [0, 0.05) is 25.4 Å². The zero-order valence-electron chi connectivity index (χ0n) is 14.0. The summed E-state index contributed by atoms with van der Waals surface area (Å²) in [4.78, 5) is 22.9. The Labute approximate surface area is 146 Å². The second-order valence-corrected chi connectivity index (χ2v) is 6.48. The Hall–Kier alpha value is -2.47. The number of nitrogens with zero attached hydrogens (tertiary/aromatic N) is 3. The number of benzene rings is 1. The first kappa shape index (κ1) is 16.0. The predicted molar refractivity (Wildman–Crippen MR) is 91.0 cm³/mol. The molecule has 25 heavy (non-hydrogen) atoms. The van der Waals surface area contributed by atoms with Gasteiger partial charge in [0.05, 0.1) is 19.3 Å². The van der Waals surface area contributed by atoms with Crippen molar-refractivity contribution in [2.75, 3.05) is 13.1 Å². The maximum Gasteiger partial charge on any atom is 0.252 e. The highest BCUT2D eigenvalue weighted by Gasteiger charge is 2.32. The van der Waals surface area contributed by atoms with Gasteiger partial charge in [0.25, 0.3) is 5.91 Å². The highest BCUT2D eigenvalue weighted by Crippen LogP contribution is 2.23. The Bertz CT molecular complexity index is 738. The van der Waals surface area contributed by atoms with E-state index in [-0.39, 0.29) is 12.0 Å². The summed E-state index contributed by atoms with van der Waals surface area (Å²) in [6.07, 6.45) is 6.84. The van der Waals surface area contributed by atoms with Crippen molar-refractivity contribution in [3.63, 3.8) is 0 Å². The Balaban J connectivity index is 1.39. The molecule has 2 aliphatic rings. The van der Waals surface area contributed by atoms with Crippen molar-refractivity contribution in [2.24, 2.45) is 0 Å². The van der Waals surface area contributed by atoms with E-state index in [1.807, 2.05) is 17.0 Å². The smallest absolute Gasteiger partial charge is 0.252 e. The van der Waals surface area contributed by atoms with Gasteiger partial charge in [-0.15, -0.1) is 0 Å². The van der Waals surface area contributed by atoms with Gasteiger partial charge in [0.2, 0.25) is 5.88 Å². The Kier molecular flexibility index (Phi) is 4.61. The zero-order valence-corrected chi connectivity index (χ0v) is 14.0. The third-order valence-corrected chi connectivity index (χ3v) is 4.76. The SMILES string of the molecule is O=C(C1Cc2ccccc2CO1)N1CCCC(Oc2cnccn2)C1. The number of carbonyl (C=O) groups excluding carboxylic acids is 1. The molecule has 6 heteroatoms. The molecule has 0 bridgehead atoms. The third-order valence-electron chi connectivity index (χ3n) is 4.76. The van der Waals surface area contributed by atoms with E-state index in [2.05, 4.69) is 22.1 Å². The molecule has 1 aromatic carbocycles. The van der Waals surface area contributed by atoms with E-state index in [0.29, 0.717) is 25.5 Å². The normalized spacial score (nSPS) is 23.0. The molecule has 3 heterocycles. The van der Waals surface area contributed by atoms with Crippen LogP contribution in [0.25, 0.3) is 0 Å². The zero-order chi connectivity index (χ0) is 17.1. The fourth-order valence-electron chi connectivity index (χ4n) is 3.46. The Morgan fingerprint density at radius 2 is 2.12 bits per heavy atom. The van der Waals surface area contributed by atoms with Gasteiger partial charge in [-0.2, -0.15) is 0 Å². The van der Waals surface area contributed by atoms with Gasteiger partial charge in [0.15, 0.2) is 0 Å². The number of aromatic nitrogens is 2. The molecule has 6 nitrogen and oxygen atoms in total. The van der Waals surface area contributed by atoms with Crippen molar-refractivity contribution in [1.29, 1.82) is 0 Å². The van der Waals surface area contributed by atoms with Crippen molar-refractivity contribution >= 4 is 5.91 Å². The maximum absolute atomic E-state index is 12.9. The molecule has 0 saturated carbocycles. The number of hydrogen-bond donors (Lipinski definition) is 0. The van der Waals surface area contributed by atoms with Gasteiger partial charge < -0.3 is 14.4 Å². The third kappa shape index (κ3) is 3.64. The molecule has 2 aromatic rings. The molecule has 1 aromatic heterocycles. The number of likely N-dealkylation sites (tertiary alicyclic amines) is 1. The number of ether oxygens (including phenoxy) is 2. The lowest BCUT2D eigenvalue weighted by molar-refractivity contribution is -0.148. The molecule has 1 saturated heterocycles. The number of piperidine rings is 1. The Morgan fingerprint density at radius 1 is 1.24 bits per heavy atom. The number of rotatable bonds is 3. The standard InChI is InChI=1S/C19H21N3O3/c23-19(17-10-14-4-1-2-5-15(14)13-24-17)22-9-3-6-16(12-22)25-18-11-20-7-8-21-18/h1-2,4-5,7-8,11,16-17H,3,6,9-10,12-13H2. The number of hydrogen-bond acceptors (Lipinski definition) is 5. The van der Waals surface area contributed by atoms with Crippen LogP contribution in [0.2, 0.25) is 0 Å². The lowest BCUT2D eigenvalue weighted by Crippen LogP contribution is -2.49. The maximum atomic E-state index is 12.9.